The highest BCUT2D eigenvalue weighted by Crippen LogP contribution is 2.31. The van der Waals surface area contributed by atoms with Gasteiger partial charge in [0.1, 0.15) is 5.52 Å². The van der Waals surface area contributed by atoms with Crippen molar-refractivity contribution in [1.29, 1.82) is 0 Å². The fourth-order valence-electron chi connectivity index (χ4n) is 4.70. The number of nitrogens with zero attached hydrogens (tertiary/aromatic N) is 5. The number of nitrogens with one attached hydrogen (secondary N) is 2. The van der Waals surface area contributed by atoms with Gasteiger partial charge in [0.15, 0.2) is 11.5 Å². The first-order valence-electron chi connectivity index (χ1n) is 11.2. The van der Waals surface area contributed by atoms with E-state index < -0.39 is 5.82 Å². The van der Waals surface area contributed by atoms with Crippen LogP contribution in [0.25, 0.3) is 16.6 Å². The molecule has 1 aromatic carbocycles. The minimum Gasteiger partial charge on any atom is -0.369 e. The predicted molar refractivity (Wildman–Crippen MR) is 127 cm³/mol. The molecule has 4 aromatic rings. The number of fused-ring (bicyclic) bond motifs is 2. The number of anilines is 2. The van der Waals surface area contributed by atoms with Crippen molar-refractivity contribution in [3.8, 4) is 0 Å². The minimum absolute atomic E-state index is 0.234. The van der Waals surface area contributed by atoms with Crippen LogP contribution in [0.3, 0.4) is 0 Å². The van der Waals surface area contributed by atoms with Crippen LogP contribution in [0.2, 0.25) is 0 Å². The Bertz CT molecular complexity index is 1360. The number of benzene rings is 1. The lowest BCUT2D eigenvalue weighted by Crippen LogP contribution is -2.37. The van der Waals surface area contributed by atoms with E-state index in [-0.39, 0.29) is 11.6 Å². The summed E-state index contributed by atoms with van der Waals surface area (Å²) in [6.07, 6.45) is 6.40. The lowest BCUT2D eigenvalue weighted by molar-refractivity contribution is 0.102. The average Bonchev–Trinajstić information content (AvgIpc) is 3.44. The molecule has 1 unspecified atom stereocenters. The molecule has 0 saturated carbocycles. The summed E-state index contributed by atoms with van der Waals surface area (Å²) < 4.78 is 17.7. The third kappa shape index (κ3) is 4.04. The summed E-state index contributed by atoms with van der Waals surface area (Å²) in [5.41, 5.74) is 3.45. The third-order valence-electron chi connectivity index (χ3n) is 5.99. The highest BCUT2D eigenvalue weighted by molar-refractivity contribution is 6.13. The van der Waals surface area contributed by atoms with Crippen molar-refractivity contribution in [2.45, 2.75) is 39.3 Å². The van der Waals surface area contributed by atoms with Crippen LogP contribution in [0, 0.1) is 12.7 Å². The first-order valence-corrected chi connectivity index (χ1v) is 11.2. The van der Waals surface area contributed by atoms with Gasteiger partial charge in [-0.05, 0) is 25.5 Å². The SMILES string of the molecule is Cc1cn2cc(NC(=O)c3ccc(N4CCC(NC(C)C)C4)c4cn(C)nc34)cc(F)c2n1. The van der Waals surface area contributed by atoms with Crippen LogP contribution in [0.4, 0.5) is 15.8 Å². The van der Waals surface area contributed by atoms with Gasteiger partial charge in [-0.2, -0.15) is 5.10 Å². The Hall–Kier alpha value is -3.46. The molecule has 0 radical (unpaired) electrons. The van der Waals surface area contributed by atoms with E-state index in [1.807, 2.05) is 19.3 Å². The van der Waals surface area contributed by atoms with Crippen LogP contribution >= 0.6 is 0 Å². The van der Waals surface area contributed by atoms with Crippen LogP contribution < -0.4 is 15.5 Å². The molecule has 1 aliphatic heterocycles. The molecular formula is C24H28FN7O. The fraction of sp³-hybridized carbons (Fsp3) is 0.375. The molecule has 3 aromatic heterocycles. The lowest BCUT2D eigenvalue weighted by atomic mass is 10.1. The second kappa shape index (κ2) is 8.15. The molecule has 0 aliphatic carbocycles. The number of carbonyl (C=O) groups is 1. The van der Waals surface area contributed by atoms with Crippen LogP contribution in [0.5, 0.6) is 0 Å². The predicted octanol–water partition coefficient (Wildman–Crippen LogP) is 3.50. The summed E-state index contributed by atoms with van der Waals surface area (Å²) in [6, 6.07) is 5.96. The molecule has 0 bridgehead atoms. The van der Waals surface area contributed by atoms with Gasteiger partial charge in [-0.15, -0.1) is 0 Å². The van der Waals surface area contributed by atoms with Crippen LogP contribution in [0.15, 0.2) is 36.8 Å². The lowest BCUT2D eigenvalue weighted by Gasteiger charge is -2.21. The Morgan fingerprint density at radius 2 is 2.06 bits per heavy atom. The summed E-state index contributed by atoms with van der Waals surface area (Å²) in [6.45, 7) is 7.98. The molecule has 9 heteroatoms. The molecule has 0 spiro atoms. The van der Waals surface area contributed by atoms with Gasteiger partial charge < -0.3 is 19.9 Å². The topological polar surface area (TPSA) is 79.5 Å². The Balaban J connectivity index is 1.44. The molecule has 1 atom stereocenters. The van der Waals surface area contributed by atoms with Crippen molar-refractivity contribution in [2.75, 3.05) is 23.3 Å². The first kappa shape index (κ1) is 21.4. The average molecular weight is 450 g/mol. The van der Waals surface area contributed by atoms with E-state index in [1.54, 1.807) is 34.5 Å². The van der Waals surface area contributed by atoms with Crippen LogP contribution in [0.1, 0.15) is 36.3 Å². The zero-order chi connectivity index (χ0) is 23.3. The monoisotopic (exact) mass is 449 g/mol. The second-order valence-electron chi connectivity index (χ2n) is 9.09. The number of hydrogen-bond donors (Lipinski definition) is 2. The van der Waals surface area contributed by atoms with E-state index in [2.05, 4.69) is 39.5 Å². The molecule has 5 rings (SSSR count). The summed E-state index contributed by atoms with van der Waals surface area (Å²) in [4.78, 5) is 19.7. The summed E-state index contributed by atoms with van der Waals surface area (Å²) >= 11 is 0. The molecular weight excluding hydrogens is 421 g/mol. The van der Waals surface area contributed by atoms with E-state index in [0.717, 1.165) is 30.6 Å². The third-order valence-corrected chi connectivity index (χ3v) is 5.99. The Morgan fingerprint density at radius 1 is 1.24 bits per heavy atom. The molecule has 1 saturated heterocycles. The largest absolute Gasteiger partial charge is 0.369 e. The Kier molecular flexibility index (Phi) is 5.28. The molecule has 1 aliphatic rings. The number of hydrogen-bond acceptors (Lipinski definition) is 5. The summed E-state index contributed by atoms with van der Waals surface area (Å²) in [5, 5.41) is 11.9. The first-order chi connectivity index (χ1) is 15.8. The van der Waals surface area contributed by atoms with Crippen LogP contribution in [-0.4, -0.2) is 50.2 Å². The molecule has 8 nitrogen and oxygen atoms in total. The van der Waals surface area contributed by atoms with Gasteiger partial charge in [-0.1, -0.05) is 13.8 Å². The molecule has 2 N–H and O–H groups in total. The number of imidazole rings is 1. The number of carbonyl (C=O) groups excluding carboxylic acids is 1. The molecule has 1 amide bonds. The number of aromatic nitrogens is 4. The quantitative estimate of drug-likeness (QED) is 0.488. The Labute approximate surface area is 191 Å². The van der Waals surface area contributed by atoms with Gasteiger partial charge in [-0.25, -0.2) is 9.37 Å². The molecule has 33 heavy (non-hydrogen) atoms. The van der Waals surface area contributed by atoms with Gasteiger partial charge in [0.25, 0.3) is 5.91 Å². The smallest absolute Gasteiger partial charge is 0.257 e. The Morgan fingerprint density at radius 3 is 2.85 bits per heavy atom. The van der Waals surface area contributed by atoms with Crippen molar-refractivity contribution >= 4 is 33.8 Å². The van der Waals surface area contributed by atoms with Crippen molar-refractivity contribution < 1.29 is 9.18 Å². The van der Waals surface area contributed by atoms with Crippen molar-refractivity contribution in [1.82, 2.24) is 24.5 Å². The van der Waals surface area contributed by atoms with Crippen molar-refractivity contribution in [2.24, 2.45) is 7.05 Å². The van der Waals surface area contributed by atoms with Crippen molar-refractivity contribution in [3.05, 3.63) is 53.9 Å². The second-order valence-corrected chi connectivity index (χ2v) is 9.09. The molecule has 1 fully saturated rings. The number of rotatable bonds is 5. The van der Waals surface area contributed by atoms with Gasteiger partial charge in [0.2, 0.25) is 0 Å². The highest BCUT2D eigenvalue weighted by atomic mass is 19.1. The van der Waals surface area contributed by atoms with E-state index in [9.17, 15) is 9.18 Å². The zero-order valence-corrected chi connectivity index (χ0v) is 19.3. The van der Waals surface area contributed by atoms with Gasteiger partial charge in [-0.3, -0.25) is 9.48 Å². The minimum atomic E-state index is -0.488. The van der Waals surface area contributed by atoms with Gasteiger partial charge in [0.05, 0.1) is 16.9 Å². The van der Waals surface area contributed by atoms with Crippen molar-refractivity contribution in [3.63, 3.8) is 0 Å². The maximum absolute atomic E-state index is 14.4. The van der Waals surface area contributed by atoms with Gasteiger partial charge in [0, 0.05) is 68.0 Å². The number of amides is 1. The number of pyridine rings is 1. The molecule has 4 heterocycles. The standard InChI is InChI=1S/C24H28FN7O/c1-14(2)26-16-7-8-31(11-16)21-6-5-18(22-19(21)13-30(4)29-22)24(33)28-17-9-20(25)23-27-15(3)10-32(23)12-17/h5-6,9-10,12-14,16,26H,7-8,11H2,1-4H3,(H,28,33). The highest BCUT2D eigenvalue weighted by Gasteiger charge is 2.26. The van der Waals surface area contributed by atoms with E-state index in [4.69, 9.17) is 0 Å². The summed E-state index contributed by atoms with van der Waals surface area (Å²) in [7, 11) is 1.85. The summed E-state index contributed by atoms with van der Waals surface area (Å²) in [5.74, 6) is -0.820. The van der Waals surface area contributed by atoms with Gasteiger partial charge >= 0.3 is 0 Å². The normalized spacial score (nSPS) is 16.4. The fourth-order valence-corrected chi connectivity index (χ4v) is 4.70. The van der Waals surface area contributed by atoms with E-state index >= 15 is 0 Å². The number of halogens is 1. The zero-order valence-electron chi connectivity index (χ0n) is 19.3. The van der Waals surface area contributed by atoms with E-state index in [0.29, 0.717) is 34.5 Å². The maximum Gasteiger partial charge on any atom is 0.257 e. The molecule has 172 valence electrons. The number of aryl methyl sites for hydroxylation is 2. The van der Waals surface area contributed by atoms with E-state index in [1.165, 1.54) is 6.07 Å². The van der Waals surface area contributed by atoms with Crippen LogP contribution in [-0.2, 0) is 7.05 Å². The maximum atomic E-state index is 14.4.